The van der Waals surface area contributed by atoms with E-state index in [-0.39, 0.29) is 6.04 Å². The third-order valence-corrected chi connectivity index (χ3v) is 2.66. The highest BCUT2D eigenvalue weighted by atomic mass is 16.5. The summed E-state index contributed by atoms with van der Waals surface area (Å²) in [6, 6.07) is 9.96. The minimum Gasteiger partial charge on any atom is -0.492 e. The number of para-hydroxylation sites is 1. The Hall–Kier alpha value is -1.02. The number of ether oxygens (including phenoxy) is 1. The standard InChI is InChI=1S/C13H21NO/c1-3-7-11(2)13(14)10-15-12-8-5-4-6-9-12/h4-6,8-9,11,13H,3,7,10,14H2,1-2H3. The fraction of sp³-hybridized carbons (Fsp3) is 0.538. The highest BCUT2D eigenvalue weighted by Gasteiger charge is 2.12. The van der Waals surface area contributed by atoms with Crippen molar-refractivity contribution in [3.63, 3.8) is 0 Å². The Morgan fingerprint density at radius 3 is 2.53 bits per heavy atom. The maximum Gasteiger partial charge on any atom is 0.119 e. The van der Waals surface area contributed by atoms with Gasteiger partial charge >= 0.3 is 0 Å². The largest absolute Gasteiger partial charge is 0.492 e. The van der Waals surface area contributed by atoms with E-state index < -0.39 is 0 Å². The lowest BCUT2D eigenvalue weighted by Crippen LogP contribution is -2.34. The van der Waals surface area contributed by atoms with Gasteiger partial charge in [-0.3, -0.25) is 0 Å². The minimum absolute atomic E-state index is 0.130. The molecule has 0 saturated heterocycles. The van der Waals surface area contributed by atoms with Gasteiger partial charge in [0.15, 0.2) is 0 Å². The summed E-state index contributed by atoms with van der Waals surface area (Å²) in [5, 5.41) is 0. The Balaban J connectivity index is 2.31. The molecule has 84 valence electrons. The summed E-state index contributed by atoms with van der Waals surface area (Å²) in [6.07, 6.45) is 2.35. The van der Waals surface area contributed by atoms with Crippen LogP contribution in [0.2, 0.25) is 0 Å². The van der Waals surface area contributed by atoms with Crippen molar-refractivity contribution in [1.29, 1.82) is 0 Å². The molecular formula is C13H21NO. The average molecular weight is 207 g/mol. The van der Waals surface area contributed by atoms with Crippen LogP contribution in [-0.4, -0.2) is 12.6 Å². The van der Waals surface area contributed by atoms with E-state index in [4.69, 9.17) is 10.5 Å². The van der Waals surface area contributed by atoms with Gasteiger partial charge in [0.2, 0.25) is 0 Å². The van der Waals surface area contributed by atoms with Crippen LogP contribution in [0.4, 0.5) is 0 Å². The van der Waals surface area contributed by atoms with Crippen molar-refractivity contribution < 1.29 is 4.74 Å². The Morgan fingerprint density at radius 2 is 1.93 bits per heavy atom. The lowest BCUT2D eigenvalue weighted by Gasteiger charge is -2.19. The third kappa shape index (κ3) is 4.34. The summed E-state index contributed by atoms with van der Waals surface area (Å²) >= 11 is 0. The van der Waals surface area contributed by atoms with Crippen LogP contribution >= 0.6 is 0 Å². The van der Waals surface area contributed by atoms with Crippen LogP contribution in [-0.2, 0) is 0 Å². The molecule has 0 aliphatic rings. The number of nitrogens with two attached hydrogens (primary N) is 1. The summed E-state index contributed by atoms with van der Waals surface area (Å²) in [5.74, 6) is 1.43. The van der Waals surface area contributed by atoms with E-state index >= 15 is 0 Å². The zero-order valence-electron chi connectivity index (χ0n) is 9.65. The van der Waals surface area contributed by atoms with Gasteiger partial charge in [-0.1, -0.05) is 38.5 Å². The first-order chi connectivity index (χ1) is 7.24. The maximum atomic E-state index is 6.03. The monoisotopic (exact) mass is 207 g/mol. The van der Waals surface area contributed by atoms with Gasteiger partial charge in [0.1, 0.15) is 12.4 Å². The van der Waals surface area contributed by atoms with Gasteiger partial charge in [-0.05, 0) is 24.5 Å². The van der Waals surface area contributed by atoms with Crippen LogP contribution in [0, 0.1) is 5.92 Å². The Bertz CT molecular complexity index is 260. The second-order valence-electron chi connectivity index (χ2n) is 4.05. The summed E-state index contributed by atoms with van der Waals surface area (Å²) in [4.78, 5) is 0. The maximum absolute atomic E-state index is 6.03. The van der Waals surface area contributed by atoms with E-state index in [0.29, 0.717) is 12.5 Å². The second-order valence-corrected chi connectivity index (χ2v) is 4.05. The van der Waals surface area contributed by atoms with Crippen LogP contribution in [0.5, 0.6) is 5.75 Å². The molecule has 0 amide bonds. The number of hydrogen-bond acceptors (Lipinski definition) is 2. The van der Waals surface area contributed by atoms with Crippen molar-refractivity contribution >= 4 is 0 Å². The van der Waals surface area contributed by atoms with E-state index in [1.807, 2.05) is 30.3 Å². The molecule has 0 heterocycles. The van der Waals surface area contributed by atoms with Gasteiger partial charge in [0.05, 0.1) is 0 Å². The Kier molecular flexibility index (Phi) is 5.19. The molecule has 2 N–H and O–H groups in total. The topological polar surface area (TPSA) is 35.2 Å². The van der Waals surface area contributed by atoms with Crippen molar-refractivity contribution in [2.24, 2.45) is 11.7 Å². The van der Waals surface area contributed by atoms with Crippen LogP contribution in [0.1, 0.15) is 26.7 Å². The van der Waals surface area contributed by atoms with Crippen LogP contribution < -0.4 is 10.5 Å². The Morgan fingerprint density at radius 1 is 1.27 bits per heavy atom. The third-order valence-electron chi connectivity index (χ3n) is 2.66. The average Bonchev–Trinajstić information content (AvgIpc) is 2.27. The number of rotatable bonds is 6. The van der Waals surface area contributed by atoms with Crippen molar-refractivity contribution in [3.05, 3.63) is 30.3 Å². The van der Waals surface area contributed by atoms with Gasteiger partial charge in [-0.2, -0.15) is 0 Å². The first kappa shape index (κ1) is 12.1. The normalized spacial score (nSPS) is 14.6. The highest BCUT2D eigenvalue weighted by molar-refractivity contribution is 5.20. The van der Waals surface area contributed by atoms with E-state index in [2.05, 4.69) is 13.8 Å². The smallest absolute Gasteiger partial charge is 0.119 e. The molecule has 2 heteroatoms. The van der Waals surface area contributed by atoms with E-state index in [9.17, 15) is 0 Å². The van der Waals surface area contributed by atoms with E-state index in [1.165, 1.54) is 12.8 Å². The molecule has 0 aliphatic heterocycles. The summed E-state index contributed by atoms with van der Waals surface area (Å²) in [7, 11) is 0. The van der Waals surface area contributed by atoms with Crippen molar-refractivity contribution in [3.8, 4) is 5.75 Å². The SMILES string of the molecule is CCCC(C)C(N)COc1ccccc1. The van der Waals surface area contributed by atoms with Gasteiger partial charge in [0, 0.05) is 6.04 Å². The molecule has 0 saturated carbocycles. The van der Waals surface area contributed by atoms with Crippen molar-refractivity contribution in [1.82, 2.24) is 0 Å². The second kappa shape index (κ2) is 6.46. The van der Waals surface area contributed by atoms with Crippen LogP contribution in [0.3, 0.4) is 0 Å². The van der Waals surface area contributed by atoms with Crippen LogP contribution in [0.25, 0.3) is 0 Å². The van der Waals surface area contributed by atoms with Crippen molar-refractivity contribution in [2.75, 3.05) is 6.61 Å². The molecule has 0 aliphatic carbocycles. The quantitative estimate of drug-likeness (QED) is 0.778. The summed E-state index contributed by atoms with van der Waals surface area (Å²) in [6.45, 7) is 4.97. The first-order valence-corrected chi connectivity index (χ1v) is 5.67. The fourth-order valence-electron chi connectivity index (χ4n) is 1.54. The summed E-state index contributed by atoms with van der Waals surface area (Å²) in [5.41, 5.74) is 6.03. The molecule has 0 spiro atoms. The highest BCUT2D eigenvalue weighted by Crippen LogP contribution is 2.12. The van der Waals surface area contributed by atoms with E-state index in [1.54, 1.807) is 0 Å². The van der Waals surface area contributed by atoms with Crippen molar-refractivity contribution in [2.45, 2.75) is 32.7 Å². The lowest BCUT2D eigenvalue weighted by atomic mass is 9.98. The van der Waals surface area contributed by atoms with Gasteiger partial charge in [-0.15, -0.1) is 0 Å². The molecule has 1 aromatic rings. The van der Waals surface area contributed by atoms with Crippen LogP contribution in [0.15, 0.2) is 30.3 Å². The molecule has 0 fully saturated rings. The van der Waals surface area contributed by atoms with E-state index in [0.717, 1.165) is 5.75 Å². The predicted molar refractivity (Wildman–Crippen MR) is 64.0 cm³/mol. The summed E-state index contributed by atoms with van der Waals surface area (Å²) < 4.78 is 5.61. The molecule has 0 aromatic heterocycles. The minimum atomic E-state index is 0.130. The zero-order valence-corrected chi connectivity index (χ0v) is 9.65. The zero-order chi connectivity index (χ0) is 11.1. The molecule has 0 bridgehead atoms. The number of hydrogen-bond donors (Lipinski definition) is 1. The van der Waals surface area contributed by atoms with Gasteiger partial charge < -0.3 is 10.5 Å². The fourth-order valence-corrected chi connectivity index (χ4v) is 1.54. The van der Waals surface area contributed by atoms with Gasteiger partial charge in [0.25, 0.3) is 0 Å². The molecule has 0 radical (unpaired) electrons. The predicted octanol–water partition coefficient (Wildman–Crippen LogP) is 2.83. The van der Waals surface area contributed by atoms with Gasteiger partial charge in [-0.25, -0.2) is 0 Å². The molecular weight excluding hydrogens is 186 g/mol. The number of benzene rings is 1. The molecule has 1 rings (SSSR count). The first-order valence-electron chi connectivity index (χ1n) is 5.67. The Labute approximate surface area is 92.4 Å². The molecule has 15 heavy (non-hydrogen) atoms. The molecule has 2 nitrogen and oxygen atoms in total. The molecule has 2 unspecified atom stereocenters. The molecule has 1 aromatic carbocycles. The molecule has 2 atom stereocenters. The lowest BCUT2D eigenvalue weighted by molar-refractivity contribution is 0.247.